The molecule has 100 valence electrons. The summed E-state index contributed by atoms with van der Waals surface area (Å²) in [7, 11) is 0. The zero-order valence-corrected chi connectivity index (χ0v) is 11.4. The summed E-state index contributed by atoms with van der Waals surface area (Å²) in [5, 5.41) is 1.31. The fourth-order valence-electron chi connectivity index (χ4n) is 1.51. The molecule has 2 rings (SSSR count). The number of halogens is 3. The van der Waals surface area contributed by atoms with Crippen molar-refractivity contribution in [2.45, 2.75) is 11.1 Å². The van der Waals surface area contributed by atoms with Crippen molar-refractivity contribution in [2.24, 2.45) is 5.73 Å². The first-order chi connectivity index (χ1) is 9.06. The maximum Gasteiger partial charge on any atom is 0.130 e. The van der Waals surface area contributed by atoms with Gasteiger partial charge >= 0.3 is 0 Å². The summed E-state index contributed by atoms with van der Waals surface area (Å²) in [5.74, 6) is -0.797. The van der Waals surface area contributed by atoms with Crippen LogP contribution in [0.1, 0.15) is 11.6 Å². The molecule has 0 spiro atoms. The van der Waals surface area contributed by atoms with Crippen LogP contribution in [-0.4, -0.2) is 10.7 Å². The van der Waals surface area contributed by atoms with Crippen LogP contribution in [0.25, 0.3) is 0 Å². The number of pyridine rings is 1. The van der Waals surface area contributed by atoms with E-state index in [2.05, 4.69) is 4.98 Å². The Balaban J connectivity index is 2.01. The van der Waals surface area contributed by atoms with Crippen LogP contribution < -0.4 is 5.73 Å². The van der Waals surface area contributed by atoms with Gasteiger partial charge in [0.05, 0.1) is 10.0 Å². The average Bonchev–Trinajstić information content (AvgIpc) is 2.37. The predicted octanol–water partition coefficient (Wildman–Crippen LogP) is 3.81. The van der Waals surface area contributed by atoms with Crippen molar-refractivity contribution in [3.05, 3.63) is 58.7 Å². The Morgan fingerprint density at radius 2 is 2.05 bits per heavy atom. The summed E-state index contributed by atoms with van der Waals surface area (Å²) >= 11 is 7.11. The van der Waals surface area contributed by atoms with E-state index in [4.69, 9.17) is 17.3 Å². The van der Waals surface area contributed by atoms with Gasteiger partial charge in [-0.15, -0.1) is 11.8 Å². The molecule has 1 heterocycles. The van der Waals surface area contributed by atoms with Crippen molar-refractivity contribution >= 4 is 23.4 Å². The lowest BCUT2D eigenvalue weighted by Gasteiger charge is -2.12. The average molecular weight is 301 g/mol. The summed E-state index contributed by atoms with van der Waals surface area (Å²) in [4.78, 5) is 4.10. The second-order valence-electron chi connectivity index (χ2n) is 3.90. The van der Waals surface area contributed by atoms with Gasteiger partial charge in [0, 0.05) is 29.6 Å². The molecule has 1 unspecified atom stereocenters. The monoisotopic (exact) mass is 300 g/mol. The SMILES string of the molecule is NC(CSc1ccc(Cl)cn1)c1ccc(F)cc1F. The first-order valence-corrected chi connectivity index (χ1v) is 6.87. The smallest absolute Gasteiger partial charge is 0.130 e. The van der Waals surface area contributed by atoms with Crippen LogP contribution in [0, 0.1) is 11.6 Å². The van der Waals surface area contributed by atoms with E-state index in [1.54, 1.807) is 12.1 Å². The minimum Gasteiger partial charge on any atom is -0.323 e. The van der Waals surface area contributed by atoms with Gasteiger partial charge in [-0.25, -0.2) is 13.8 Å². The molecule has 0 aliphatic carbocycles. The number of thioether (sulfide) groups is 1. The van der Waals surface area contributed by atoms with Gasteiger partial charge in [0.2, 0.25) is 0 Å². The van der Waals surface area contributed by atoms with Gasteiger partial charge in [-0.2, -0.15) is 0 Å². The molecule has 1 atom stereocenters. The van der Waals surface area contributed by atoms with Crippen LogP contribution in [0.2, 0.25) is 5.02 Å². The number of hydrogen-bond donors (Lipinski definition) is 1. The topological polar surface area (TPSA) is 38.9 Å². The molecular weight excluding hydrogens is 290 g/mol. The lowest BCUT2D eigenvalue weighted by atomic mass is 10.1. The second-order valence-corrected chi connectivity index (χ2v) is 5.37. The van der Waals surface area contributed by atoms with Crippen LogP contribution in [0.3, 0.4) is 0 Å². The highest BCUT2D eigenvalue weighted by atomic mass is 35.5. The third-order valence-electron chi connectivity index (χ3n) is 2.47. The van der Waals surface area contributed by atoms with E-state index in [0.717, 1.165) is 11.1 Å². The molecule has 19 heavy (non-hydrogen) atoms. The Morgan fingerprint density at radius 3 is 2.68 bits per heavy atom. The Morgan fingerprint density at radius 1 is 1.26 bits per heavy atom. The van der Waals surface area contributed by atoms with E-state index in [9.17, 15) is 8.78 Å². The lowest BCUT2D eigenvalue weighted by Crippen LogP contribution is -2.15. The zero-order valence-electron chi connectivity index (χ0n) is 9.82. The van der Waals surface area contributed by atoms with Crippen molar-refractivity contribution in [3.63, 3.8) is 0 Å². The summed E-state index contributed by atoms with van der Waals surface area (Å²) in [6.45, 7) is 0. The van der Waals surface area contributed by atoms with Crippen molar-refractivity contribution < 1.29 is 8.78 Å². The molecule has 2 N–H and O–H groups in total. The van der Waals surface area contributed by atoms with Gasteiger partial charge < -0.3 is 5.73 Å². The molecule has 2 nitrogen and oxygen atoms in total. The maximum absolute atomic E-state index is 13.5. The van der Waals surface area contributed by atoms with Crippen LogP contribution in [0.5, 0.6) is 0 Å². The first-order valence-electron chi connectivity index (χ1n) is 5.51. The minimum absolute atomic E-state index is 0.294. The zero-order chi connectivity index (χ0) is 13.8. The van der Waals surface area contributed by atoms with Crippen molar-refractivity contribution in [1.82, 2.24) is 4.98 Å². The summed E-state index contributed by atoms with van der Waals surface area (Å²) in [6.07, 6.45) is 1.54. The fraction of sp³-hybridized carbons (Fsp3) is 0.154. The number of rotatable bonds is 4. The Bertz CT molecular complexity index is 563. The van der Waals surface area contributed by atoms with E-state index < -0.39 is 17.7 Å². The molecule has 0 fully saturated rings. The Labute approximate surface area is 119 Å². The van der Waals surface area contributed by atoms with Crippen LogP contribution in [-0.2, 0) is 0 Å². The first kappa shape index (κ1) is 14.2. The highest BCUT2D eigenvalue weighted by Gasteiger charge is 2.12. The lowest BCUT2D eigenvalue weighted by molar-refractivity contribution is 0.563. The van der Waals surface area contributed by atoms with E-state index >= 15 is 0 Å². The molecule has 0 saturated heterocycles. The third kappa shape index (κ3) is 3.89. The highest BCUT2D eigenvalue weighted by Crippen LogP contribution is 2.24. The van der Waals surface area contributed by atoms with Crippen LogP contribution in [0.15, 0.2) is 41.6 Å². The van der Waals surface area contributed by atoms with Gasteiger partial charge in [0.1, 0.15) is 11.6 Å². The molecule has 0 bridgehead atoms. The number of benzene rings is 1. The summed E-state index contributed by atoms with van der Waals surface area (Å²) in [6, 6.07) is 6.36. The van der Waals surface area contributed by atoms with Gasteiger partial charge in [0.15, 0.2) is 0 Å². The molecule has 0 aliphatic rings. The van der Waals surface area contributed by atoms with Gasteiger partial charge in [-0.05, 0) is 18.2 Å². The number of aromatic nitrogens is 1. The van der Waals surface area contributed by atoms with E-state index in [-0.39, 0.29) is 0 Å². The molecule has 2 aromatic rings. The fourth-order valence-corrected chi connectivity index (χ4v) is 2.45. The van der Waals surface area contributed by atoms with E-state index in [0.29, 0.717) is 16.3 Å². The second kappa shape index (κ2) is 6.32. The molecular formula is C13H11ClF2N2S. The summed E-state index contributed by atoms with van der Waals surface area (Å²) in [5.41, 5.74) is 6.18. The molecule has 6 heteroatoms. The van der Waals surface area contributed by atoms with E-state index in [1.807, 2.05) is 0 Å². The van der Waals surface area contributed by atoms with E-state index in [1.165, 1.54) is 30.1 Å². The van der Waals surface area contributed by atoms with Crippen LogP contribution >= 0.6 is 23.4 Å². The normalized spacial score (nSPS) is 12.4. The van der Waals surface area contributed by atoms with Gasteiger partial charge in [-0.3, -0.25) is 0 Å². The van der Waals surface area contributed by atoms with Gasteiger partial charge in [-0.1, -0.05) is 17.7 Å². The maximum atomic E-state index is 13.5. The molecule has 0 radical (unpaired) electrons. The van der Waals surface area contributed by atoms with Crippen molar-refractivity contribution in [1.29, 1.82) is 0 Å². The highest BCUT2D eigenvalue weighted by molar-refractivity contribution is 7.99. The summed E-state index contributed by atoms with van der Waals surface area (Å²) < 4.78 is 26.3. The van der Waals surface area contributed by atoms with Crippen LogP contribution in [0.4, 0.5) is 8.78 Å². The molecule has 0 amide bonds. The van der Waals surface area contributed by atoms with Gasteiger partial charge in [0.25, 0.3) is 0 Å². The predicted molar refractivity (Wildman–Crippen MR) is 73.3 cm³/mol. The Kier molecular flexibility index (Phi) is 4.74. The number of nitrogens with two attached hydrogens (primary N) is 1. The van der Waals surface area contributed by atoms with Crippen molar-refractivity contribution in [3.8, 4) is 0 Å². The molecule has 1 aromatic carbocycles. The largest absolute Gasteiger partial charge is 0.323 e. The van der Waals surface area contributed by atoms with Crippen molar-refractivity contribution in [2.75, 3.05) is 5.75 Å². The molecule has 0 aliphatic heterocycles. The molecule has 1 aromatic heterocycles. The quantitative estimate of drug-likeness (QED) is 0.873. The number of hydrogen-bond acceptors (Lipinski definition) is 3. The standard InChI is InChI=1S/C13H11ClF2N2S/c14-8-1-4-13(18-6-8)19-7-12(17)10-3-2-9(15)5-11(10)16/h1-6,12H,7,17H2. The minimum atomic E-state index is -0.628. The molecule has 0 saturated carbocycles. The third-order valence-corrected chi connectivity index (χ3v) is 3.76. The Hall–Kier alpha value is -1.17. The number of nitrogens with zero attached hydrogens (tertiary/aromatic N) is 1.